The van der Waals surface area contributed by atoms with Crippen molar-refractivity contribution in [3.05, 3.63) is 60.3 Å². The fourth-order valence-corrected chi connectivity index (χ4v) is 2.11. The Balaban J connectivity index is 1.96. The minimum Gasteiger partial charge on any atom is -0.421 e. The Morgan fingerprint density at radius 3 is 2.48 bits per heavy atom. The third-order valence-electron chi connectivity index (χ3n) is 3.01. The predicted octanol–water partition coefficient (Wildman–Crippen LogP) is 2.62. The number of nitrogens with two attached hydrogens (primary N) is 2. The summed E-state index contributed by atoms with van der Waals surface area (Å²) in [6.45, 7) is 0. The second-order valence-electron chi connectivity index (χ2n) is 4.61. The van der Waals surface area contributed by atoms with Gasteiger partial charge in [-0.2, -0.15) is 0 Å². The first-order chi connectivity index (χ1) is 10.1. The third-order valence-corrected chi connectivity index (χ3v) is 3.01. The van der Waals surface area contributed by atoms with Gasteiger partial charge in [0.05, 0.1) is 5.56 Å². The SMILES string of the molecule is Nc1cc(N)cc(C(=O)Oc2cccc3cccnc23)c1. The molecular formula is C16H13N3O2. The fourth-order valence-electron chi connectivity index (χ4n) is 2.11. The van der Waals surface area contributed by atoms with E-state index in [9.17, 15) is 4.79 Å². The summed E-state index contributed by atoms with van der Waals surface area (Å²) < 4.78 is 5.41. The number of ether oxygens (including phenoxy) is 1. The maximum absolute atomic E-state index is 12.2. The van der Waals surface area contributed by atoms with Crippen LogP contribution in [0.15, 0.2) is 54.7 Å². The first-order valence-electron chi connectivity index (χ1n) is 6.35. The number of aromatic nitrogens is 1. The maximum atomic E-state index is 12.2. The Kier molecular flexibility index (Phi) is 3.16. The number of nitrogen functional groups attached to an aromatic ring is 2. The average molecular weight is 279 g/mol. The number of hydrogen-bond donors (Lipinski definition) is 2. The smallest absolute Gasteiger partial charge is 0.343 e. The number of carbonyl (C=O) groups excluding carboxylic acids is 1. The van der Waals surface area contributed by atoms with Crippen molar-refractivity contribution in [3.8, 4) is 5.75 Å². The van der Waals surface area contributed by atoms with Crippen LogP contribution in [0, 0.1) is 0 Å². The molecule has 0 fully saturated rings. The zero-order valence-corrected chi connectivity index (χ0v) is 11.1. The summed E-state index contributed by atoms with van der Waals surface area (Å²) in [7, 11) is 0. The number of pyridine rings is 1. The number of carbonyl (C=O) groups is 1. The first-order valence-corrected chi connectivity index (χ1v) is 6.35. The lowest BCUT2D eigenvalue weighted by Crippen LogP contribution is -2.10. The van der Waals surface area contributed by atoms with Gasteiger partial charge < -0.3 is 16.2 Å². The minimum absolute atomic E-state index is 0.306. The average Bonchev–Trinajstić information content (AvgIpc) is 2.46. The quantitative estimate of drug-likeness (QED) is 0.427. The number of nitrogens with zero attached hydrogens (tertiary/aromatic N) is 1. The highest BCUT2D eigenvalue weighted by molar-refractivity contribution is 5.95. The Morgan fingerprint density at radius 1 is 1.00 bits per heavy atom. The highest BCUT2D eigenvalue weighted by Gasteiger charge is 2.12. The third kappa shape index (κ3) is 2.62. The molecular weight excluding hydrogens is 266 g/mol. The van der Waals surface area contributed by atoms with Crippen molar-refractivity contribution in [1.82, 2.24) is 4.98 Å². The van der Waals surface area contributed by atoms with Gasteiger partial charge in [0.1, 0.15) is 5.52 Å². The van der Waals surface area contributed by atoms with Crippen LogP contribution in [0.1, 0.15) is 10.4 Å². The highest BCUT2D eigenvalue weighted by atomic mass is 16.5. The van der Waals surface area contributed by atoms with Crippen LogP contribution >= 0.6 is 0 Å². The molecule has 3 rings (SSSR count). The summed E-state index contributed by atoms with van der Waals surface area (Å²) in [5.74, 6) is -0.119. The fraction of sp³-hybridized carbons (Fsp3) is 0. The van der Waals surface area contributed by atoms with Crippen LogP contribution in [0.25, 0.3) is 10.9 Å². The van der Waals surface area contributed by atoms with Gasteiger partial charge >= 0.3 is 5.97 Å². The topological polar surface area (TPSA) is 91.2 Å². The highest BCUT2D eigenvalue weighted by Crippen LogP contribution is 2.24. The van der Waals surface area contributed by atoms with E-state index in [2.05, 4.69) is 4.98 Å². The van der Waals surface area contributed by atoms with E-state index in [0.29, 0.717) is 28.2 Å². The van der Waals surface area contributed by atoms with Crippen molar-refractivity contribution in [2.45, 2.75) is 0 Å². The van der Waals surface area contributed by atoms with Crippen LogP contribution < -0.4 is 16.2 Å². The zero-order chi connectivity index (χ0) is 14.8. The number of hydrogen-bond acceptors (Lipinski definition) is 5. The molecule has 0 aliphatic rings. The van der Waals surface area contributed by atoms with Crippen LogP contribution in [0.2, 0.25) is 0 Å². The number of esters is 1. The molecule has 0 aliphatic heterocycles. The molecule has 0 aliphatic carbocycles. The largest absolute Gasteiger partial charge is 0.421 e. The normalized spacial score (nSPS) is 10.5. The van der Waals surface area contributed by atoms with Gasteiger partial charge in [0.2, 0.25) is 0 Å². The van der Waals surface area contributed by atoms with Crippen LogP contribution in [0.3, 0.4) is 0 Å². The van der Waals surface area contributed by atoms with Crippen molar-refractivity contribution in [1.29, 1.82) is 0 Å². The van der Waals surface area contributed by atoms with Crippen LogP contribution in [0.4, 0.5) is 11.4 Å². The van der Waals surface area contributed by atoms with E-state index >= 15 is 0 Å². The summed E-state index contributed by atoms with van der Waals surface area (Å²) in [6.07, 6.45) is 1.65. The Hall–Kier alpha value is -3.08. The molecule has 5 heteroatoms. The standard InChI is InChI=1S/C16H13N3O2/c17-12-7-11(8-13(18)9-12)16(20)21-14-5-1-3-10-4-2-6-19-15(10)14/h1-9H,17-18H2. The second-order valence-corrected chi connectivity index (χ2v) is 4.61. The number of anilines is 2. The summed E-state index contributed by atoms with van der Waals surface area (Å²) in [6, 6.07) is 13.8. The van der Waals surface area contributed by atoms with Gasteiger partial charge in [0.25, 0.3) is 0 Å². The molecule has 0 atom stereocenters. The van der Waals surface area contributed by atoms with Gasteiger partial charge in [-0.3, -0.25) is 4.98 Å². The van der Waals surface area contributed by atoms with Gasteiger partial charge in [0.15, 0.2) is 5.75 Å². The van der Waals surface area contributed by atoms with E-state index in [1.54, 1.807) is 24.4 Å². The van der Waals surface area contributed by atoms with Gasteiger partial charge in [-0.15, -0.1) is 0 Å². The van der Waals surface area contributed by atoms with Crippen LogP contribution in [-0.4, -0.2) is 11.0 Å². The molecule has 104 valence electrons. The van der Waals surface area contributed by atoms with Gasteiger partial charge in [-0.25, -0.2) is 4.79 Å². The van der Waals surface area contributed by atoms with Crippen molar-refractivity contribution in [2.75, 3.05) is 11.5 Å². The number of para-hydroxylation sites is 1. The lowest BCUT2D eigenvalue weighted by molar-refractivity contribution is 0.0737. The molecule has 1 aromatic heterocycles. The molecule has 0 amide bonds. The molecule has 0 bridgehead atoms. The Labute approximate surface area is 121 Å². The van der Waals surface area contributed by atoms with E-state index in [-0.39, 0.29) is 0 Å². The summed E-state index contributed by atoms with van der Waals surface area (Å²) in [4.78, 5) is 16.4. The van der Waals surface area contributed by atoms with Gasteiger partial charge in [0, 0.05) is 23.0 Å². The maximum Gasteiger partial charge on any atom is 0.343 e. The first kappa shape index (κ1) is 12.9. The predicted molar refractivity (Wildman–Crippen MR) is 82.0 cm³/mol. The number of fused-ring (bicyclic) bond motifs is 1. The van der Waals surface area contributed by atoms with Crippen molar-refractivity contribution >= 4 is 28.2 Å². The Morgan fingerprint density at radius 2 is 1.71 bits per heavy atom. The van der Waals surface area contributed by atoms with Crippen molar-refractivity contribution in [2.24, 2.45) is 0 Å². The van der Waals surface area contributed by atoms with Gasteiger partial charge in [-0.1, -0.05) is 18.2 Å². The minimum atomic E-state index is -0.521. The van der Waals surface area contributed by atoms with Crippen LogP contribution in [0.5, 0.6) is 5.75 Å². The molecule has 0 unspecified atom stereocenters. The van der Waals surface area contributed by atoms with E-state index in [4.69, 9.17) is 16.2 Å². The van der Waals surface area contributed by atoms with Crippen LogP contribution in [-0.2, 0) is 0 Å². The summed E-state index contributed by atoms with van der Waals surface area (Å²) in [5, 5.41) is 0.898. The number of rotatable bonds is 2. The Bertz CT molecular complexity index is 805. The van der Waals surface area contributed by atoms with E-state index in [0.717, 1.165) is 5.39 Å². The monoisotopic (exact) mass is 279 g/mol. The molecule has 0 saturated heterocycles. The molecule has 0 spiro atoms. The molecule has 2 aromatic carbocycles. The van der Waals surface area contributed by atoms with Gasteiger partial charge in [-0.05, 0) is 30.3 Å². The summed E-state index contributed by atoms with van der Waals surface area (Å²) in [5.41, 5.74) is 13.1. The van der Waals surface area contributed by atoms with Crippen molar-refractivity contribution < 1.29 is 9.53 Å². The zero-order valence-electron chi connectivity index (χ0n) is 11.1. The van der Waals surface area contributed by atoms with E-state index in [1.165, 1.54) is 12.1 Å². The lowest BCUT2D eigenvalue weighted by Gasteiger charge is -2.08. The molecule has 0 radical (unpaired) electrons. The molecule has 4 N–H and O–H groups in total. The molecule has 1 heterocycles. The molecule has 0 saturated carbocycles. The van der Waals surface area contributed by atoms with Crippen molar-refractivity contribution in [3.63, 3.8) is 0 Å². The van der Waals surface area contributed by atoms with E-state index in [1.807, 2.05) is 18.2 Å². The molecule has 21 heavy (non-hydrogen) atoms. The molecule has 3 aromatic rings. The van der Waals surface area contributed by atoms with E-state index < -0.39 is 5.97 Å². The lowest BCUT2D eigenvalue weighted by atomic mass is 10.1. The summed E-state index contributed by atoms with van der Waals surface area (Å²) >= 11 is 0. The number of benzene rings is 2. The second kappa shape index (κ2) is 5.13. The molecule has 5 nitrogen and oxygen atoms in total.